The lowest BCUT2D eigenvalue weighted by atomic mass is 10.1. The number of nitrogens with one attached hydrogen (secondary N) is 1. The van der Waals surface area contributed by atoms with Gasteiger partial charge in [0.1, 0.15) is 5.82 Å². The zero-order chi connectivity index (χ0) is 16.9. The molecule has 0 fully saturated rings. The first-order valence-corrected chi connectivity index (χ1v) is 8.89. The quantitative estimate of drug-likeness (QED) is 0.593. The van der Waals surface area contributed by atoms with Crippen LogP contribution in [-0.2, 0) is 19.3 Å². The fourth-order valence-corrected chi connectivity index (χ4v) is 3.12. The highest BCUT2D eigenvalue weighted by atomic mass is 35.5. The van der Waals surface area contributed by atoms with Gasteiger partial charge in [-0.2, -0.15) is 0 Å². The lowest BCUT2D eigenvalue weighted by molar-refractivity contribution is 0.779. The summed E-state index contributed by atoms with van der Waals surface area (Å²) in [5.41, 5.74) is 4.69. The number of hydrogen-bond acceptors (Lipinski definition) is 1. The Kier molecular flexibility index (Phi) is 5.60. The molecule has 0 amide bonds. The Balaban J connectivity index is 1.61. The Morgan fingerprint density at radius 1 is 0.917 bits per heavy atom. The van der Waals surface area contributed by atoms with Crippen LogP contribution in [0, 0.1) is 6.92 Å². The van der Waals surface area contributed by atoms with Gasteiger partial charge in [-0.3, -0.25) is 0 Å². The van der Waals surface area contributed by atoms with Crippen molar-refractivity contribution < 1.29 is 0 Å². The van der Waals surface area contributed by atoms with E-state index >= 15 is 0 Å². The molecule has 0 aliphatic heterocycles. The van der Waals surface area contributed by atoms with Crippen LogP contribution in [0.5, 0.6) is 0 Å². The second kappa shape index (κ2) is 7.87. The molecule has 124 valence electrons. The maximum Gasteiger partial charge on any atom is 0.106 e. The second-order valence-corrected chi connectivity index (χ2v) is 6.83. The third kappa shape index (κ3) is 4.40. The summed E-state index contributed by atoms with van der Waals surface area (Å²) in [5, 5.41) is 1.17. The van der Waals surface area contributed by atoms with Crippen LogP contribution in [-0.4, -0.2) is 9.97 Å². The number of hydrogen-bond donors (Lipinski definition) is 1. The van der Waals surface area contributed by atoms with E-state index in [1.54, 1.807) is 0 Å². The van der Waals surface area contributed by atoms with E-state index in [1.165, 1.54) is 5.56 Å². The maximum absolute atomic E-state index is 6.09. The fourth-order valence-electron chi connectivity index (χ4n) is 2.80. The van der Waals surface area contributed by atoms with Crippen molar-refractivity contribution in [3.05, 3.63) is 86.9 Å². The molecule has 2 aromatic carbocycles. The molecule has 3 rings (SSSR count). The summed E-state index contributed by atoms with van der Waals surface area (Å²) in [6, 6.07) is 16.3. The highest BCUT2D eigenvalue weighted by Gasteiger charge is 2.09. The third-order valence-electron chi connectivity index (χ3n) is 4.11. The molecule has 3 aromatic rings. The van der Waals surface area contributed by atoms with Crippen molar-refractivity contribution in [2.45, 2.75) is 32.6 Å². The van der Waals surface area contributed by atoms with Crippen molar-refractivity contribution in [2.75, 3.05) is 0 Å². The number of benzene rings is 2. The van der Waals surface area contributed by atoms with Crippen molar-refractivity contribution in [1.82, 2.24) is 9.97 Å². The first-order chi connectivity index (χ1) is 11.6. The number of aromatic amines is 1. The van der Waals surface area contributed by atoms with E-state index in [-0.39, 0.29) is 0 Å². The highest BCUT2D eigenvalue weighted by Crippen LogP contribution is 2.24. The van der Waals surface area contributed by atoms with Crippen molar-refractivity contribution in [3.8, 4) is 0 Å². The van der Waals surface area contributed by atoms with E-state index in [2.05, 4.69) is 42.2 Å². The summed E-state index contributed by atoms with van der Waals surface area (Å²) in [5.74, 6) is 1.05. The van der Waals surface area contributed by atoms with Gasteiger partial charge in [0.2, 0.25) is 0 Å². The van der Waals surface area contributed by atoms with E-state index in [9.17, 15) is 0 Å². The number of nitrogens with zero attached hydrogens (tertiary/aromatic N) is 1. The molecule has 0 aliphatic rings. The van der Waals surface area contributed by atoms with E-state index in [0.717, 1.165) is 48.5 Å². The minimum atomic E-state index is 0.584. The van der Waals surface area contributed by atoms with E-state index in [0.29, 0.717) is 10.0 Å². The Hall–Kier alpha value is -1.77. The number of aromatic nitrogens is 2. The summed E-state index contributed by atoms with van der Waals surface area (Å²) in [4.78, 5) is 8.16. The number of rotatable bonds is 6. The van der Waals surface area contributed by atoms with Gasteiger partial charge in [-0.1, -0.05) is 59.6 Å². The fraction of sp³-hybridized carbons (Fsp3) is 0.250. The predicted molar refractivity (Wildman–Crippen MR) is 101 cm³/mol. The molecule has 0 unspecified atom stereocenters. The molecule has 1 heterocycles. The zero-order valence-corrected chi connectivity index (χ0v) is 15.2. The lowest BCUT2D eigenvalue weighted by Gasteiger charge is -2.02. The molecule has 0 radical (unpaired) electrons. The Morgan fingerprint density at radius 3 is 2.46 bits per heavy atom. The average Bonchev–Trinajstić information content (AvgIpc) is 2.92. The smallest absolute Gasteiger partial charge is 0.106 e. The van der Waals surface area contributed by atoms with Crippen LogP contribution in [0.2, 0.25) is 10.0 Å². The minimum Gasteiger partial charge on any atom is -0.346 e. The molecular weight excluding hydrogens is 339 g/mol. The van der Waals surface area contributed by atoms with Gasteiger partial charge < -0.3 is 4.98 Å². The van der Waals surface area contributed by atoms with Crippen LogP contribution in [0.15, 0.2) is 48.5 Å². The molecule has 0 saturated carbocycles. The van der Waals surface area contributed by atoms with Gasteiger partial charge in [0.05, 0.1) is 15.7 Å². The van der Waals surface area contributed by atoms with Crippen LogP contribution in [0.4, 0.5) is 0 Å². The van der Waals surface area contributed by atoms with Gasteiger partial charge in [0.15, 0.2) is 0 Å². The summed E-state index contributed by atoms with van der Waals surface area (Å²) >= 11 is 12.1. The SMILES string of the molecule is Cc1[nH]c(CCCc2ccccc2)nc1Cc1ccc(Cl)c(Cl)c1. The molecule has 1 N–H and O–H groups in total. The first-order valence-electron chi connectivity index (χ1n) is 8.14. The largest absolute Gasteiger partial charge is 0.346 e. The second-order valence-electron chi connectivity index (χ2n) is 6.02. The average molecular weight is 359 g/mol. The molecule has 0 atom stereocenters. The minimum absolute atomic E-state index is 0.584. The number of halogens is 2. The monoisotopic (exact) mass is 358 g/mol. The predicted octanol–water partition coefficient (Wildman–Crippen LogP) is 5.79. The Bertz CT molecular complexity index is 810. The van der Waals surface area contributed by atoms with Crippen molar-refractivity contribution in [1.29, 1.82) is 0 Å². The maximum atomic E-state index is 6.09. The summed E-state index contributed by atoms with van der Waals surface area (Å²) in [6.07, 6.45) is 3.88. The normalized spacial score (nSPS) is 11.0. The van der Waals surface area contributed by atoms with Gasteiger partial charge in [-0.05, 0) is 43.0 Å². The molecule has 24 heavy (non-hydrogen) atoms. The molecule has 0 bridgehead atoms. The lowest BCUT2D eigenvalue weighted by Crippen LogP contribution is -1.93. The van der Waals surface area contributed by atoms with Gasteiger partial charge in [0.25, 0.3) is 0 Å². The number of aryl methyl sites for hydroxylation is 3. The topological polar surface area (TPSA) is 28.7 Å². The summed E-state index contributed by atoms with van der Waals surface area (Å²) in [6.45, 7) is 2.07. The molecule has 2 nitrogen and oxygen atoms in total. The molecular formula is C20H20Cl2N2. The van der Waals surface area contributed by atoms with Gasteiger partial charge >= 0.3 is 0 Å². The van der Waals surface area contributed by atoms with Crippen molar-refractivity contribution in [2.24, 2.45) is 0 Å². The molecule has 4 heteroatoms. The Labute approximate surface area is 152 Å². The Morgan fingerprint density at radius 2 is 1.71 bits per heavy atom. The number of imidazole rings is 1. The zero-order valence-electron chi connectivity index (χ0n) is 13.7. The van der Waals surface area contributed by atoms with Crippen LogP contribution in [0.25, 0.3) is 0 Å². The van der Waals surface area contributed by atoms with Gasteiger partial charge in [-0.25, -0.2) is 4.98 Å². The highest BCUT2D eigenvalue weighted by molar-refractivity contribution is 6.42. The third-order valence-corrected chi connectivity index (χ3v) is 4.85. The van der Waals surface area contributed by atoms with Crippen LogP contribution in [0.3, 0.4) is 0 Å². The van der Waals surface area contributed by atoms with E-state index < -0.39 is 0 Å². The number of H-pyrrole nitrogens is 1. The van der Waals surface area contributed by atoms with E-state index in [1.807, 2.05) is 18.2 Å². The molecule has 0 spiro atoms. The van der Waals surface area contributed by atoms with Crippen LogP contribution < -0.4 is 0 Å². The van der Waals surface area contributed by atoms with E-state index in [4.69, 9.17) is 28.2 Å². The van der Waals surface area contributed by atoms with Crippen LogP contribution >= 0.6 is 23.2 Å². The first kappa shape index (κ1) is 17.1. The molecule has 1 aromatic heterocycles. The van der Waals surface area contributed by atoms with Gasteiger partial charge in [-0.15, -0.1) is 0 Å². The summed E-state index contributed by atoms with van der Waals surface area (Å²) < 4.78 is 0. The summed E-state index contributed by atoms with van der Waals surface area (Å²) in [7, 11) is 0. The standard InChI is InChI=1S/C20H20Cl2N2/c1-14-19(13-16-10-11-17(21)18(22)12-16)24-20(23-14)9-5-8-15-6-3-2-4-7-15/h2-4,6-7,10-12H,5,8-9,13H2,1H3,(H,23,24). The van der Waals surface area contributed by atoms with Gasteiger partial charge in [0, 0.05) is 18.5 Å². The van der Waals surface area contributed by atoms with Crippen LogP contribution in [0.1, 0.15) is 34.8 Å². The molecule has 0 saturated heterocycles. The van der Waals surface area contributed by atoms with Crippen molar-refractivity contribution >= 4 is 23.2 Å². The van der Waals surface area contributed by atoms with Crippen molar-refractivity contribution in [3.63, 3.8) is 0 Å². The molecule has 0 aliphatic carbocycles.